The Morgan fingerprint density at radius 3 is 2.24 bits per heavy atom. The minimum Gasteiger partial charge on any atom is -0.463 e. The number of amides is 1. The van der Waals surface area contributed by atoms with Gasteiger partial charge in [-0.3, -0.25) is 9.52 Å². The minimum absolute atomic E-state index is 0.000650. The van der Waals surface area contributed by atoms with Gasteiger partial charge < -0.3 is 14.2 Å². The summed E-state index contributed by atoms with van der Waals surface area (Å²) in [7, 11) is -3.81. The fraction of sp³-hybridized carbons (Fsp3) is 0.0417. The first kappa shape index (κ1) is 24.2. The third-order valence-corrected chi connectivity index (χ3v) is 7.07. The lowest BCUT2D eigenvalue weighted by molar-refractivity contribution is -0.113. The van der Waals surface area contributed by atoms with Crippen LogP contribution in [0.4, 0.5) is 11.5 Å². The molecule has 0 fully saturated rings. The molecule has 4 aromatic heterocycles. The zero-order valence-electron chi connectivity index (χ0n) is 18.9. The van der Waals surface area contributed by atoms with Gasteiger partial charge in [0, 0.05) is 11.9 Å². The SMILES string of the molecule is O=C(CSc1nnc(-c2ccco2)c(-c2ccco2)n1)Nc1ccc(S(=O)(=O)Nc2ccccn2)cc1. The van der Waals surface area contributed by atoms with Crippen LogP contribution in [0.25, 0.3) is 22.9 Å². The number of thioether (sulfide) groups is 1. The highest BCUT2D eigenvalue weighted by Crippen LogP contribution is 2.30. The molecule has 0 saturated carbocycles. The van der Waals surface area contributed by atoms with Gasteiger partial charge in [0.1, 0.15) is 11.5 Å². The highest BCUT2D eigenvalue weighted by atomic mass is 32.2. The topological polar surface area (TPSA) is 153 Å². The number of hydrogen-bond acceptors (Lipinski definition) is 10. The molecule has 2 N–H and O–H groups in total. The van der Waals surface area contributed by atoms with E-state index in [-0.39, 0.29) is 27.5 Å². The van der Waals surface area contributed by atoms with Crippen LogP contribution >= 0.6 is 11.8 Å². The molecular weight excluding hydrogens is 516 g/mol. The lowest BCUT2D eigenvalue weighted by Crippen LogP contribution is -2.16. The molecule has 0 saturated heterocycles. The Balaban J connectivity index is 1.22. The molecule has 1 aromatic carbocycles. The fourth-order valence-corrected chi connectivity index (χ4v) is 4.80. The zero-order chi connectivity index (χ0) is 25.7. The summed E-state index contributed by atoms with van der Waals surface area (Å²) in [5.41, 5.74) is 1.29. The van der Waals surface area contributed by atoms with Gasteiger partial charge in [0.15, 0.2) is 17.2 Å². The number of furan rings is 2. The average molecular weight is 535 g/mol. The molecular formula is C24H18N6O5S2. The van der Waals surface area contributed by atoms with E-state index in [1.807, 2.05) is 0 Å². The predicted octanol–water partition coefficient (Wildman–Crippen LogP) is 4.32. The van der Waals surface area contributed by atoms with Crippen LogP contribution in [0.3, 0.4) is 0 Å². The van der Waals surface area contributed by atoms with Gasteiger partial charge in [-0.15, -0.1) is 10.2 Å². The van der Waals surface area contributed by atoms with Gasteiger partial charge in [0.05, 0.1) is 23.2 Å². The standard InChI is InChI=1S/C24H18N6O5S2/c31-21(26-16-8-10-17(11-9-16)37(32,33)30-20-7-1-2-12-25-20)15-36-24-27-22(18-5-3-13-34-18)23(28-29-24)19-6-4-14-35-19/h1-14H,15H2,(H,25,30)(H,26,31). The smallest absolute Gasteiger partial charge is 0.263 e. The molecule has 11 nitrogen and oxygen atoms in total. The number of aromatic nitrogens is 4. The first-order valence-electron chi connectivity index (χ1n) is 10.8. The predicted molar refractivity (Wildman–Crippen MR) is 136 cm³/mol. The van der Waals surface area contributed by atoms with E-state index in [9.17, 15) is 13.2 Å². The largest absolute Gasteiger partial charge is 0.463 e. The summed E-state index contributed by atoms with van der Waals surface area (Å²) in [6.45, 7) is 0. The monoisotopic (exact) mass is 534 g/mol. The number of nitrogens with zero attached hydrogens (tertiary/aromatic N) is 4. The lowest BCUT2D eigenvalue weighted by Gasteiger charge is -2.09. The van der Waals surface area contributed by atoms with Crippen molar-refractivity contribution < 1.29 is 22.0 Å². The molecule has 0 aliphatic heterocycles. The van der Waals surface area contributed by atoms with E-state index >= 15 is 0 Å². The molecule has 0 aliphatic carbocycles. The van der Waals surface area contributed by atoms with E-state index in [1.165, 1.54) is 43.0 Å². The summed E-state index contributed by atoms with van der Waals surface area (Å²) >= 11 is 1.09. The molecule has 0 spiro atoms. The van der Waals surface area contributed by atoms with E-state index in [2.05, 4.69) is 30.2 Å². The Labute approximate surface area is 215 Å². The van der Waals surface area contributed by atoms with Crippen molar-refractivity contribution in [1.29, 1.82) is 0 Å². The quantitative estimate of drug-likeness (QED) is 0.261. The Bertz CT molecular complexity index is 1590. The maximum atomic E-state index is 12.5. The van der Waals surface area contributed by atoms with Gasteiger partial charge in [-0.2, -0.15) is 0 Å². The first-order valence-corrected chi connectivity index (χ1v) is 13.2. The summed E-state index contributed by atoms with van der Waals surface area (Å²) in [5, 5.41) is 11.3. The second-order valence-electron chi connectivity index (χ2n) is 7.43. The van der Waals surface area contributed by atoms with Crippen LogP contribution in [-0.4, -0.2) is 40.2 Å². The Morgan fingerprint density at radius 1 is 0.865 bits per heavy atom. The molecule has 5 rings (SSSR count). The normalized spacial score (nSPS) is 11.2. The average Bonchev–Trinajstić information content (AvgIpc) is 3.63. The van der Waals surface area contributed by atoms with Crippen molar-refractivity contribution in [1.82, 2.24) is 20.2 Å². The number of sulfonamides is 1. The van der Waals surface area contributed by atoms with Gasteiger partial charge in [-0.05, 0) is 60.7 Å². The maximum absolute atomic E-state index is 12.5. The van der Waals surface area contributed by atoms with Crippen molar-refractivity contribution in [2.45, 2.75) is 10.1 Å². The van der Waals surface area contributed by atoms with Gasteiger partial charge in [0.25, 0.3) is 10.0 Å². The van der Waals surface area contributed by atoms with Crippen LogP contribution in [0.2, 0.25) is 0 Å². The van der Waals surface area contributed by atoms with Gasteiger partial charge in [-0.25, -0.2) is 18.4 Å². The van der Waals surface area contributed by atoms with E-state index in [1.54, 1.807) is 42.5 Å². The number of benzene rings is 1. The second-order valence-corrected chi connectivity index (χ2v) is 10.1. The zero-order valence-corrected chi connectivity index (χ0v) is 20.6. The Hall–Kier alpha value is -4.49. The number of carbonyl (C=O) groups is 1. The molecule has 0 atom stereocenters. The summed E-state index contributed by atoms with van der Waals surface area (Å²) < 4.78 is 38.4. The van der Waals surface area contributed by atoms with Crippen molar-refractivity contribution in [3.05, 3.63) is 85.5 Å². The van der Waals surface area contributed by atoms with Crippen LogP contribution in [0.15, 0.2) is 104 Å². The number of nitrogens with one attached hydrogen (secondary N) is 2. The Morgan fingerprint density at radius 2 is 1.59 bits per heavy atom. The number of anilines is 2. The van der Waals surface area contributed by atoms with Crippen LogP contribution in [0.5, 0.6) is 0 Å². The molecule has 4 heterocycles. The lowest BCUT2D eigenvalue weighted by atomic mass is 10.2. The summed E-state index contributed by atoms with van der Waals surface area (Å²) in [5.74, 6) is 0.855. The molecule has 0 radical (unpaired) electrons. The summed E-state index contributed by atoms with van der Waals surface area (Å²) in [4.78, 5) is 21.0. The summed E-state index contributed by atoms with van der Waals surface area (Å²) in [6.07, 6.45) is 4.53. The van der Waals surface area contributed by atoms with E-state index in [0.29, 0.717) is 28.6 Å². The fourth-order valence-electron chi connectivity index (χ4n) is 3.20. The van der Waals surface area contributed by atoms with Gasteiger partial charge >= 0.3 is 0 Å². The van der Waals surface area contributed by atoms with Crippen LogP contribution < -0.4 is 10.0 Å². The molecule has 5 aromatic rings. The van der Waals surface area contributed by atoms with Crippen molar-refractivity contribution in [2.75, 3.05) is 15.8 Å². The second kappa shape index (κ2) is 10.6. The van der Waals surface area contributed by atoms with Crippen LogP contribution in [0.1, 0.15) is 0 Å². The molecule has 1 amide bonds. The molecule has 37 heavy (non-hydrogen) atoms. The molecule has 0 unspecified atom stereocenters. The number of rotatable bonds is 9. The van der Waals surface area contributed by atoms with E-state index in [0.717, 1.165) is 11.8 Å². The summed E-state index contributed by atoms with van der Waals surface area (Å²) in [6, 6.07) is 17.6. The van der Waals surface area contributed by atoms with Crippen molar-refractivity contribution >= 4 is 39.2 Å². The van der Waals surface area contributed by atoms with Gasteiger partial charge in [0.2, 0.25) is 11.1 Å². The third kappa shape index (κ3) is 5.85. The molecule has 0 aliphatic rings. The number of pyridine rings is 1. The van der Waals surface area contributed by atoms with Crippen molar-refractivity contribution in [3.63, 3.8) is 0 Å². The number of carbonyl (C=O) groups excluding carboxylic acids is 1. The van der Waals surface area contributed by atoms with Crippen LogP contribution in [0, 0.1) is 0 Å². The molecule has 13 heteroatoms. The van der Waals surface area contributed by atoms with Crippen LogP contribution in [-0.2, 0) is 14.8 Å². The van der Waals surface area contributed by atoms with E-state index in [4.69, 9.17) is 8.83 Å². The highest BCUT2D eigenvalue weighted by Gasteiger charge is 2.19. The van der Waals surface area contributed by atoms with Gasteiger partial charge in [-0.1, -0.05) is 17.8 Å². The maximum Gasteiger partial charge on any atom is 0.263 e. The van der Waals surface area contributed by atoms with Crippen molar-refractivity contribution in [2.24, 2.45) is 0 Å². The van der Waals surface area contributed by atoms with Crippen molar-refractivity contribution in [3.8, 4) is 22.9 Å². The molecule has 186 valence electrons. The Kier molecular flexibility index (Phi) is 6.96. The highest BCUT2D eigenvalue weighted by molar-refractivity contribution is 7.99. The minimum atomic E-state index is -3.81. The van der Waals surface area contributed by atoms with E-state index < -0.39 is 10.0 Å². The molecule has 0 bridgehead atoms. The third-order valence-electron chi connectivity index (χ3n) is 4.86. The first-order chi connectivity index (χ1) is 18.0. The number of hydrogen-bond donors (Lipinski definition) is 2.